The molecule has 0 aliphatic rings. The SMILES string of the molecule is CCC(COC)NCc1cn(C)c2ccccc12. The third kappa shape index (κ3) is 2.74. The quantitative estimate of drug-likeness (QED) is 0.848. The first-order chi connectivity index (χ1) is 8.76. The van der Waals surface area contributed by atoms with Crippen LogP contribution >= 0.6 is 0 Å². The summed E-state index contributed by atoms with van der Waals surface area (Å²) in [4.78, 5) is 0. The maximum Gasteiger partial charge on any atom is 0.0615 e. The number of methoxy groups -OCH3 is 1. The molecule has 2 aromatic rings. The van der Waals surface area contributed by atoms with Crippen molar-refractivity contribution in [2.45, 2.75) is 25.9 Å². The van der Waals surface area contributed by atoms with E-state index < -0.39 is 0 Å². The average molecular weight is 246 g/mol. The van der Waals surface area contributed by atoms with E-state index in [-0.39, 0.29) is 0 Å². The fourth-order valence-electron chi connectivity index (χ4n) is 2.34. The van der Waals surface area contributed by atoms with Gasteiger partial charge in [0, 0.05) is 43.8 Å². The van der Waals surface area contributed by atoms with E-state index in [4.69, 9.17) is 4.74 Å². The average Bonchev–Trinajstić information content (AvgIpc) is 2.72. The largest absolute Gasteiger partial charge is 0.383 e. The number of benzene rings is 1. The normalized spacial score (nSPS) is 13.1. The standard InChI is InChI=1S/C15H22N2O/c1-4-13(11-18-3)16-9-12-10-17(2)15-8-6-5-7-14(12)15/h5-8,10,13,16H,4,9,11H2,1-3H3. The van der Waals surface area contributed by atoms with Crippen LogP contribution in [0.5, 0.6) is 0 Å². The molecule has 1 atom stereocenters. The Bertz CT molecular complexity index is 504. The number of rotatable bonds is 6. The number of ether oxygens (including phenoxy) is 1. The zero-order valence-corrected chi connectivity index (χ0v) is 11.4. The molecule has 0 radical (unpaired) electrons. The van der Waals surface area contributed by atoms with Gasteiger partial charge in [-0.25, -0.2) is 0 Å². The molecule has 0 saturated carbocycles. The van der Waals surface area contributed by atoms with Gasteiger partial charge >= 0.3 is 0 Å². The van der Waals surface area contributed by atoms with E-state index in [2.05, 4.69) is 54.3 Å². The monoisotopic (exact) mass is 246 g/mol. The molecule has 0 amide bonds. The maximum absolute atomic E-state index is 5.21. The molecule has 3 heteroatoms. The smallest absolute Gasteiger partial charge is 0.0615 e. The second kappa shape index (κ2) is 6.03. The zero-order chi connectivity index (χ0) is 13.0. The molecule has 0 bridgehead atoms. The summed E-state index contributed by atoms with van der Waals surface area (Å²) in [5.41, 5.74) is 2.64. The third-order valence-electron chi connectivity index (χ3n) is 3.42. The molecule has 0 aliphatic heterocycles. The molecule has 1 aromatic carbocycles. The van der Waals surface area contributed by atoms with Gasteiger partial charge in [0.1, 0.15) is 0 Å². The van der Waals surface area contributed by atoms with Gasteiger partial charge in [0.2, 0.25) is 0 Å². The lowest BCUT2D eigenvalue weighted by Gasteiger charge is -2.15. The number of hydrogen-bond donors (Lipinski definition) is 1. The molecule has 98 valence electrons. The van der Waals surface area contributed by atoms with Gasteiger partial charge in [-0.2, -0.15) is 0 Å². The van der Waals surface area contributed by atoms with Gasteiger partial charge < -0.3 is 14.6 Å². The third-order valence-corrected chi connectivity index (χ3v) is 3.42. The van der Waals surface area contributed by atoms with Crippen molar-refractivity contribution >= 4 is 10.9 Å². The van der Waals surface area contributed by atoms with Crippen LogP contribution in [0.2, 0.25) is 0 Å². The number of nitrogens with zero attached hydrogens (tertiary/aromatic N) is 1. The van der Waals surface area contributed by atoms with Crippen molar-refractivity contribution in [3.63, 3.8) is 0 Å². The van der Waals surface area contributed by atoms with E-state index in [0.717, 1.165) is 19.6 Å². The van der Waals surface area contributed by atoms with Gasteiger partial charge in [-0.3, -0.25) is 0 Å². The van der Waals surface area contributed by atoms with Crippen LogP contribution in [0, 0.1) is 0 Å². The molecule has 1 aromatic heterocycles. The molecule has 0 spiro atoms. The first kappa shape index (κ1) is 13.1. The van der Waals surface area contributed by atoms with Crippen molar-refractivity contribution in [3.8, 4) is 0 Å². The van der Waals surface area contributed by atoms with Gasteiger partial charge in [0.25, 0.3) is 0 Å². The number of aryl methyl sites for hydroxylation is 1. The highest BCUT2D eigenvalue weighted by atomic mass is 16.5. The molecule has 18 heavy (non-hydrogen) atoms. The van der Waals surface area contributed by atoms with Crippen LogP contribution in [-0.4, -0.2) is 24.3 Å². The lowest BCUT2D eigenvalue weighted by Crippen LogP contribution is -2.31. The van der Waals surface area contributed by atoms with Crippen LogP contribution in [0.15, 0.2) is 30.5 Å². The molecule has 0 fully saturated rings. The van der Waals surface area contributed by atoms with E-state index >= 15 is 0 Å². The summed E-state index contributed by atoms with van der Waals surface area (Å²) in [6.45, 7) is 3.84. The van der Waals surface area contributed by atoms with Crippen LogP contribution in [0.3, 0.4) is 0 Å². The zero-order valence-electron chi connectivity index (χ0n) is 11.4. The molecule has 3 nitrogen and oxygen atoms in total. The van der Waals surface area contributed by atoms with E-state index in [0.29, 0.717) is 6.04 Å². The highest BCUT2D eigenvalue weighted by molar-refractivity contribution is 5.83. The van der Waals surface area contributed by atoms with Crippen LogP contribution in [-0.2, 0) is 18.3 Å². The van der Waals surface area contributed by atoms with Crippen molar-refractivity contribution in [1.29, 1.82) is 0 Å². The molecular formula is C15H22N2O. The topological polar surface area (TPSA) is 26.2 Å². The van der Waals surface area contributed by atoms with Crippen LogP contribution in [0.4, 0.5) is 0 Å². The molecule has 0 saturated heterocycles. The first-order valence-electron chi connectivity index (χ1n) is 6.51. The Morgan fingerprint density at radius 3 is 2.83 bits per heavy atom. The summed E-state index contributed by atoms with van der Waals surface area (Å²) in [6, 6.07) is 8.95. The summed E-state index contributed by atoms with van der Waals surface area (Å²) in [7, 11) is 3.85. The summed E-state index contributed by atoms with van der Waals surface area (Å²) >= 11 is 0. The molecular weight excluding hydrogens is 224 g/mol. The maximum atomic E-state index is 5.21. The lowest BCUT2D eigenvalue weighted by atomic mass is 10.1. The van der Waals surface area contributed by atoms with Crippen molar-refractivity contribution in [3.05, 3.63) is 36.0 Å². The number of fused-ring (bicyclic) bond motifs is 1. The number of nitrogens with one attached hydrogen (secondary N) is 1. The van der Waals surface area contributed by atoms with E-state index in [1.807, 2.05) is 0 Å². The minimum atomic E-state index is 0.425. The van der Waals surface area contributed by atoms with Gasteiger partial charge in [0.15, 0.2) is 0 Å². The Labute approximate surface area is 109 Å². The van der Waals surface area contributed by atoms with Gasteiger partial charge in [-0.15, -0.1) is 0 Å². The van der Waals surface area contributed by atoms with Gasteiger partial charge in [-0.1, -0.05) is 25.1 Å². The van der Waals surface area contributed by atoms with Gasteiger partial charge in [-0.05, 0) is 18.1 Å². The molecule has 1 heterocycles. The Balaban J connectivity index is 2.12. The molecule has 1 unspecified atom stereocenters. The van der Waals surface area contributed by atoms with Crippen LogP contribution in [0.25, 0.3) is 10.9 Å². The lowest BCUT2D eigenvalue weighted by molar-refractivity contribution is 0.164. The minimum Gasteiger partial charge on any atom is -0.383 e. The summed E-state index contributed by atoms with van der Waals surface area (Å²) in [5.74, 6) is 0. The molecule has 1 N–H and O–H groups in total. The van der Waals surface area contributed by atoms with E-state index in [1.165, 1.54) is 16.5 Å². The second-order valence-electron chi connectivity index (χ2n) is 4.72. The Hall–Kier alpha value is -1.32. The summed E-state index contributed by atoms with van der Waals surface area (Å²) < 4.78 is 7.39. The van der Waals surface area contributed by atoms with E-state index in [1.54, 1.807) is 7.11 Å². The highest BCUT2D eigenvalue weighted by Crippen LogP contribution is 2.20. The predicted octanol–water partition coefficient (Wildman–Crippen LogP) is 2.69. The van der Waals surface area contributed by atoms with Gasteiger partial charge in [0.05, 0.1) is 6.61 Å². The van der Waals surface area contributed by atoms with Crippen molar-refractivity contribution in [2.75, 3.05) is 13.7 Å². The summed E-state index contributed by atoms with van der Waals surface area (Å²) in [6.07, 6.45) is 3.29. The van der Waals surface area contributed by atoms with Crippen molar-refractivity contribution < 1.29 is 4.74 Å². The number of aromatic nitrogens is 1. The van der Waals surface area contributed by atoms with Crippen LogP contribution < -0.4 is 5.32 Å². The fraction of sp³-hybridized carbons (Fsp3) is 0.467. The second-order valence-corrected chi connectivity index (χ2v) is 4.72. The van der Waals surface area contributed by atoms with Crippen LogP contribution in [0.1, 0.15) is 18.9 Å². The van der Waals surface area contributed by atoms with Crippen molar-refractivity contribution in [2.24, 2.45) is 7.05 Å². The Morgan fingerprint density at radius 2 is 2.11 bits per heavy atom. The van der Waals surface area contributed by atoms with E-state index in [9.17, 15) is 0 Å². The Kier molecular flexibility index (Phi) is 4.39. The Morgan fingerprint density at radius 1 is 1.33 bits per heavy atom. The molecule has 0 aliphatic carbocycles. The van der Waals surface area contributed by atoms with Crippen molar-refractivity contribution in [1.82, 2.24) is 9.88 Å². The minimum absolute atomic E-state index is 0.425. The summed E-state index contributed by atoms with van der Waals surface area (Å²) in [5, 5.41) is 4.89. The number of para-hydroxylation sites is 1. The predicted molar refractivity (Wildman–Crippen MR) is 75.7 cm³/mol. The fourth-order valence-corrected chi connectivity index (χ4v) is 2.34. The number of hydrogen-bond acceptors (Lipinski definition) is 2. The highest BCUT2D eigenvalue weighted by Gasteiger charge is 2.08. The molecule has 2 rings (SSSR count). The first-order valence-corrected chi connectivity index (χ1v) is 6.51.